The Hall–Kier alpha value is -8.80. The van der Waals surface area contributed by atoms with Crippen LogP contribution in [0.2, 0.25) is 0 Å². The predicted octanol–water partition coefficient (Wildman–Crippen LogP) is 10.1. The molecule has 9 rings (SSSR count). The number of amides is 1. The van der Waals surface area contributed by atoms with E-state index in [0.717, 1.165) is 65.9 Å². The lowest BCUT2D eigenvalue weighted by molar-refractivity contribution is -0.135. The Morgan fingerprint density at radius 1 is 0.537 bits per heavy atom. The number of nitrogen functional groups attached to an aromatic ring is 1. The molecular weight excluding hydrogens is 917 g/mol. The highest BCUT2D eigenvalue weighted by atomic mass is 79.9. The second-order valence-electron chi connectivity index (χ2n) is 13.8. The number of hydrogen-bond donors (Lipinski definition) is 8. The topological polar surface area (TPSA) is 238 Å². The third-order valence-electron chi connectivity index (χ3n) is 9.29. The van der Waals surface area contributed by atoms with Gasteiger partial charge in [-0.25, -0.2) is 30.0 Å². The number of methoxy groups -OCH3 is 2. The third-order valence-corrected chi connectivity index (χ3v) is 9.66. The average Bonchev–Trinajstić information content (AvgIpc) is 4.08. The van der Waals surface area contributed by atoms with Crippen LogP contribution in [0.5, 0.6) is 0 Å². The summed E-state index contributed by atoms with van der Waals surface area (Å²) in [6.45, 7) is 0. The molecular formula is C50H45BrN10O6. The fourth-order valence-electron chi connectivity index (χ4n) is 6.03. The molecule has 0 unspecified atom stereocenters. The van der Waals surface area contributed by atoms with Gasteiger partial charge in [-0.15, -0.1) is 0 Å². The zero-order chi connectivity index (χ0) is 47.4. The molecule has 3 heterocycles. The normalized spacial score (nSPS) is 10.7. The summed E-state index contributed by atoms with van der Waals surface area (Å²) in [5, 5.41) is 14.9. The minimum Gasteiger partial charge on any atom is -0.466 e. The molecule has 9 aromatic rings. The summed E-state index contributed by atoms with van der Waals surface area (Å²) in [6, 6.07) is 45.9. The molecule has 0 aliphatic heterocycles. The largest absolute Gasteiger partial charge is 0.466 e. The molecule has 338 valence electrons. The molecule has 17 heteroatoms. The van der Waals surface area contributed by atoms with Crippen molar-refractivity contribution in [1.82, 2.24) is 35.4 Å². The summed E-state index contributed by atoms with van der Waals surface area (Å²) in [5.74, 6) is -0.0888. The van der Waals surface area contributed by atoms with Gasteiger partial charge in [0.15, 0.2) is 4.73 Å². The number of carbonyl (C=O) groups excluding carboxylic acids is 3. The van der Waals surface area contributed by atoms with Crippen molar-refractivity contribution >= 4 is 114 Å². The fraction of sp³-hybridized carbons (Fsp3) is 0.0400. The number of H-pyrrole nitrogens is 3. The first-order valence-corrected chi connectivity index (χ1v) is 21.1. The van der Waals surface area contributed by atoms with Crippen LogP contribution in [0.1, 0.15) is 16.7 Å². The number of fused-ring (bicyclic) bond motifs is 3. The molecule has 9 N–H and O–H groups in total. The van der Waals surface area contributed by atoms with E-state index in [2.05, 4.69) is 65.9 Å². The van der Waals surface area contributed by atoms with Gasteiger partial charge < -0.3 is 40.8 Å². The molecule has 6 aromatic carbocycles. The van der Waals surface area contributed by atoms with Crippen LogP contribution in [-0.4, -0.2) is 67.2 Å². The number of hydroxylamine groups is 1. The number of esters is 2. The molecule has 16 nitrogen and oxygen atoms in total. The zero-order valence-corrected chi connectivity index (χ0v) is 37.7. The summed E-state index contributed by atoms with van der Waals surface area (Å²) >= 11 is 3.26. The molecule has 0 radical (unpaired) electrons. The number of nitrogens with zero attached hydrogens (tertiary/aromatic N) is 3. The van der Waals surface area contributed by atoms with E-state index >= 15 is 0 Å². The Morgan fingerprint density at radius 3 is 1.37 bits per heavy atom. The van der Waals surface area contributed by atoms with Gasteiger partial charge in [-0.05, 0) is 105 Å². The van der Waals surface area contributed by atoms with Gasteiger partial charge >= 0.3 is 11.9 Å². The monoisotopic (exact) mass is 960 g/mol. The van der Waals surface area contributed by atoms with E-state index in [1.807, 2.05) is 140 Å². The van der Waals surface area contributed by atoms with Gasteiger partial charge in [0.25, 0.3) is 5.91 Å². The van der Waals surface area contributed by atoms with Crippen LogP contribution >= 0.6 is 15.9 Å². The highest BCUT2D eigenvalue weighted by Crippen LogP contribution is 2.24. The van der Waals surface area contributed by atoms with E-state index < -0.39 is 11.9 Å². The Balaban J connectivity index is 0.000000154. The molecule has 0 bridgehead atoms. The molecule has 0 aliphatic rings. The Bertz CT molecular complexity index is 2930. The first-order chi connectivity index (χ1) is 32.6. The number of benzene rings is 6. The minimum absolute atomic E-state index is 0.386. The smallest absolute Gasteiger partial charge is 0.330 e. The maximum atomic E-state index is 11.2. The summed E-state index contributed by atoms with van der Waals surface area (Å²) in [6.07, 6.45) is 8.92. The van der Waals surface area contributed by atoms with Gasteiger partial charge in [0.1, 0.15) is 0 Å². The van der Waals surface area contributed by atoms with Crippen molar-refractivity contribution in [3.8, 4) is 0 Å². The lowest BCUT2D eigenvalue weighted by Gasteiger charge is -2.06. The number of ether oxygens (including phenoxy) is 2. The van der Waals surface area contributed by atoms with Crippen molar-refractivity contribution in [2.75, 3.05) is 30.6 Å². The van der Waals surface area contributed by atoms with Crippen LogP contribution in [0.4, 0.5) is 29.0 Å². The van der Waals surface area contributed by atoms with Gasteiger partial charge in [-0.1, -0.05) is 91.0 Å². The summed E-state index contributed by atoms with van der Waals surface area (Å²) in [7, 11) is 2.69. The lowest BCUT2D eigenvalue weighted by atomic mass is 10.1. The Labute approximate surface area is 392 Å². The standard InChI is InChI=1S/C17H15N3O2.C16H14N4O2.C10H11NO2.C7H5BrN2/c1-22-16(21)11-10-12-6-2-3-7-13(12)18-17-19-14-8-4-5-9-15(14)20-17;21-15(20-22)10-9-11-5-1-2-6-12(11)17-16-18-13-7-3-4-8-14(13)19-16;1-13-10(12)7-6-8-4-2-3-5-9(8)11;8-7-9-5-3-1-2-4-6(5)10-7/h2-11H,1H3,(H2,18,19,20);1-10,22H,(H,20,21)(H2,17,18,19);2-7H,11H2,1H3;1-4H,(H,9,10)/b11-10+;10-9+;7-6+;. The Morgan fingerprint density at radius 2 is 0.925 bits per heavy atom. The molecule has 0 fully saturated rings. The van der Waals surface area contributed by atoms with E-state index in [4.69, 9.17) is 10.9 Å². The van der Waals surface area contributed by atoms with Gasteiger partial charge in [-0.2, -0.15) is 0 Å². The first kappa shape index (κ1) is 47.7. The van der Waals surface area contributed by atoms with Crippen LogP contribution in [0.15, 0.2) is 169 Å². The maximum absolute atomic E-state index is 11.2. The van der Waals surface area contributed by atoms with Gasteiger partial charge in [0, 0.05) is 35.3 Å². The fourth-order valence-corrected chi connectivity index (χ4v) is 6.43. The van der Waals surface area contributed by atoms with Gasteiger partial charge in [0.05, 0.1) is 47.3 Å². The third kappa shape index (κ3) is 14.4. The van der Waals surface area contributed by atoms with Crippen molar-refractivity contribution in [3.05, 3.63) is 185 Å². The van der Waals surface area contributed by atoms with Crippen molar-refractivity contribution in [2.45, 2.75) is 0 Å². The Kier molecular flexibility index (Phi) is 17.3. The number of carbonyl (C=O) groups is 3. The van der Waals surface area contributed by atoms with Crippen LogP contribution < -0.4 is 21.8 Å². The molecule has 0 aliphatic carbocycles. The number of nitrogens with two attached hydrogens (primary N) is 1. The summed E-state index contributed by atoms with van der Waals surface area (Å²) in [4.78, 5) is 55.6. The van der Waals surface area contributed by atoms with Crippen LogP contribution in [0.3, 0.4) is 0 Å². The van der Waals surface area contributed by atoms with Crippen LogP contribution in [-0.2, 0) is 23.9 Å². The number of halogens is 1. The second kappa shape index (κ2) is 24.3. The molecule has 0 spiro atoms. The summed E-state index contributed by atoms with van der Waals surface area (Å²) in [5.41, 5.74) is 17.7. The molecule has 3 aromatic heterocycles. The van der Waals surface area contributed by atoms with E-state index in [1.165, 1.54) is 32.4 Å². The molecule has 0 saturated heterocycles. The van der Waals surface area contributed by atoms with Crippen LogP contribution in [0.25, 0.3) is 51.3 Å². The van der Waals surface area contributed by atoms with E-state index in [9.17, 15) is 14.4 Å². The van der Waals surface area contributed by atoms with Crippen molar-refractivity contribution in [2.24, 2.45) is 0 Å². The van der Waals surface area contributed by atoms with E-state index in [1.54, 1.807) is 29.8 Å². The SMILES string of the molecule is Brc1nc2ccccc2[nH]1.COC(=O)/C=C/c1ccccc1N.COC(=O)/C=C/c1ccccc1Nc1nc2ccccc2[nH]1.O=C(/C=C/c1ccccc1Nc1nc2ccccc2[nH]1)NO. The van der Waals surface area contributed by atoms with Crippen molar-refractivity contribution in [3.63, 3.8) is 0 Å². The number of hydrogen-bond acceptors (Lipinski definition) is 12. The van der Waals surface area contributed by atoms with Gasteiger partial charge in [-0.3, -0.25) is 10.0 Å². The zero-order valence-electron chi connectivity index (χ0n) is 36.1. The number of aromatic nitrogens is 6. The molecule has 0 saturated carbocycles. The molecule has 1 amide bonds. The average molecular weight is 962 g/mol. The predicted molar refractivity (Wildman–Crippen MR) is 267 cm³/mol. The quantitative estimate of drug-likeness (QED) is 0.0210. The number of nitrogens with one attached hydrogen (secondary N) is 6. The van der Waals surface area contributed by atoms with Crippen molar-refractivity contribution < 1.29 is 29.1 Å². The van der Waals surface area contributed by atoms with E-state index in [0.29, 0.717) is 17.6 Å². The van der Waals surface area contributed by atoms with Crippen LogP contribution in [0, 0.1) is 0 Å². The number of anilines is 5. The van der Waals surface area contributed by atoms with Gasteiger partial charge in [0.2, 0.25) is 11.9 Å². The number of aromatic amines is 3. The second-order valence-corrected chi connectivity index (χ2v) is 14.6. The van der Waals surface area contributed by atoms with Crippen molar-refractivity contribution in [1.29, 1.82) is 0 Å². The summed E-state index contributed by atoms with van der Waals surface area (Å²) < 4.78 is 9.84. The number of para-hydroxylation sites is 9. The highest BCUT2D eigenvalue weighted by molar-refractivity contribution is 9.10. The minimum atomic E-state index is -0.585. The lowest BCUT2D eigenvalue weighted by Crippen LogP contribution is -2.14. The molecule has 0 atom stereocenters. The highest BCUT2D eigenvalue weighted by Gasteiger charge is 2.07. The molecule has 67 heavy (non-hydrogen) atoms. The number of rotatable bonds is 10. The maximum Gasteiger partial charge on any atom is 0.330 e. The number of imidazole rings is 3. The van der Waals surface area contributed by atoms with E-state index in [-0.39, 0.29) is 5.97 Å². The first-order valence-electron chi connectivity index (χ1n) is 20.3.